The highest BCUT2D eigenvalue weighted by atomic mass is 35.5. The molecule has 3 rings (SSSR count). The largest absolute Gasteiger partial charge is 0.381 e. The first-order valence-electron chi connectivity index (χ1n) is 6.70. The minimum Gasteiger partial charge on any atom is -0.381 e. The van der Waals surface area contributed by atoms with Crippen LogP contribution in [0, 0.1) is 5.82 Å². The molecule has 0 unspecified atom stereocenters. The maximum atomic E-state index is 13.6. The Morgan fingerprint density at radius 1 is 1.35 bits per heavy atom. The lowest BCUT2D eigenvalue weighted by atomic mass is 10.1. The molecule has 0 amide bonds. The third-order valence-electron chi connectivity index (χ3n) is 3.68. The lowest BCUT2D eigenvalue weighted by molar-refractivity contribution is 0.0699. The minimum absolute atomic E-state index is 0.128. The van der Waals surface area contributed by atoms with Crippen molar-refractivity contribution in [3.63, 3.8) is 0 Å². The number of fused-ring (bicyclic) bond motifs is 1. The number of nitrogens with zero attached hydrogens (tertiary/aromatic N) is 2. The van der Waals surface area contributed by atoms with E-state index in [1.165, 1.54) is 6.07 Å². The number of aryl methyl sites for hydroxylation is 1. The van der Waals surface area contributed by atoms with Crippen molar-refractivity contribution in [2.24, 2.45) is 0 Å². The normalized spacial score (nSPS) is 16.9. The number of aromatic nitrogens is 2. The molecule has 108 valence electrons. The van der Waals surface area contributed by atoms with Crippen LogP contribution >= 0.6 is 23.2 Å². The number of hydrogen-bond acceptors (Lipinski definition) is 2. The number of hydrogen-bond donors (Lipinski definition) is 0. The van der Waals surface area contributed by atoms with Crippen molar-refractivity contribution in [1.82, 2.24) is 9.55 Å². The number of benzene rings is 1. The van der Waals surface area contributed by atoms with E-state index in [1.807, 2.05) is 0 Å². The van der Waals surface area contributed by atoms with Crippen LogP contribution < -0.4 is 0 Å². The lowest BCUT2D eigenvalue weighted by Gasteiger charge is -2.25. The molecule has 0 N–H and O–H groups in total. The summed E-state index contributed by atoms with van der Waals surface area (Å²) in [6.45, 7) is 1.47. The van der Waals surface area contributed by atoms with Crippen molar-refractivity contribution < 1.29 is 9.13 Å². The van der Waals surface area contributed by atoms with Crippen LogP contribution in [-0.2, 0) is 11.2 Å². The monoisotopic (exact) mass is 316 g/mol. The molecule has 1 fully saturated rings. The molecule has 6 heteroatoms. The molecule has 1 saturated heterocycles. The zero-order valence-electron chi connectivity index (χ0n) is 10.9. The van der Waals surface area contributed by atoms with Gasteiger partial charge in [-0.05, 0) is 18.9 Å². The number of halogens is 3. The molecule has 0 bridgehead atoms. The van der Waals surface area contributed by atoms with Crippen molar-refractivity contribution in [1.29, 1.82) is 0 Å². The van der Waals surface area contributed by atoms with E-state index in [0.29, 0.717) is 23.9 Å². The van der Waals surface area contributed by atoms with Gasteiger partial charge in [0.2, 0.25) is 0 Å². The van der Waals surface area contributed by atoms with E-state index in [1.54, 1.807) is 6.07 Å². The second-order valence-corrected chi connectivity index (χ2v) is 5.72. The fourth-order valence-corrected chi connectivity index (χ4v) is 3.08. The Kier molecular flexibility index (Phi) is 4.15. The molecule has 3 nitrogen and oxygen atoms in total. The zero-order valence-corrected chi connectivity index (χ0v) is 12.4. The zero-order chi connectivity index (χ0) is 14.1. The van der Waals surface area contributed by atoms with Gasteiger partial charge in [0.1, 0.15) is 11.6 Å². The second kappa shape index (κ2) is 5.88. The van der Waals surface area contributed by atoms with E-state index in [-0.39, 0.29) is 5.02 Å². The fraction of sp³-hybridized carbons (Fsp3) is 0.500. The lowest BCUT2D eigenvalue weighted by Crippen LogP contribution is -2.21. The number of ether oxygens (including phenoxy) is 1. The van der Waals surface area contributed by atoms with E-state index in [9.17, 15) is 4.39 Å². The summed E-state index contributed by atoms with van der Waals surface area (Å²) < 4.78 is 21.2. The summed E-state index contributed by atoms with van der Waals surface area (Å²) >= 11 is 11.8. The molecule has 2 aromatic rings. The van der Waals surface area contributed by atoms with E-state index in [0.717, 1.165) is 37.4 Å². The Hall–Kier alpha value is -0.840. The fourth-order valence-electron chi connectivity index (χ4n) is 2.75. The van der Waals surface area contributed by atoms with Gasteiger partial charge in [-0.2, -0.15) is 0 Å². The van der Waals surface area contributed by atoms with Crippen LogP contribution in [0.1, 0.15) is 24.7 Å². The van der Waals surface area contributed by atoms with Gasteiger partial charge in [-0.1, -0.05) is 11.6 Å². The Labute approximate surface area is 126 Å². The number of alkyl halides is 1. The Bertz CT molecular complexity index is 623. The molecule has 2 heterocycles. The molecule has 0 aliphatic carbocycles. The molecular weight excluding hydrogens is 302 g/mol. The van der Waals surface area contributed by atoms with Crippen molar-refractivity contribution in [2.45, 2.75) is 25.3 Å². The highest BCUT2D eigenvalue weighted by molar-refractivity contribution is 6.31. The van der Waals surface area contributed by atoms with Gasteiger partial charge in [-0.15, -0.1) is 11.6 Å². The summed E-state index contributed by atoms with van der Waals surface area (Å²) in [6.07, 6.45) is 2.51. The molecule has 1 aliphatic rings. The second-order valence-electron chi connectivity index (χ2n) is 4.94. The van der Waals surface area contributed by atoms with Crippen LogP contribution in [0.4, 0.5) is 4.39 Å². The molecule has 1 aliphatic heterocycles. The maximum absolute atomic E-state index is 13.6. The van der Waals surface area contributed by atoms with Gasteiger partial charge in [0.25, 0.3) is 0 Å². The average Bonchev–Trinajstić information content (AvgIpc) is 2.78. The molecule has 0 radical (unpaired) electrons. The van der Waals surface area contributed by atoms with Crippen LogP contribution in [0.5, 0.6) is 0 Å². The molecule has 0 spiro atoms. The standard InChI is InChI=1S/C14H15Cl2FN2O/c15-4-1-14-18-12-8-11(17)10(16)7-13(12)19(14)9-2-5-20-6-3-9/h7-9H,1-6H2. The predicted molar refractivity (Wildman–Crippen MR) is 78.2 cm³/mol. The maximum Gasteiger partial charge on any atom is 0.144 e. The Morgan fingerprint density at radius 3 is 2.80 bits per heavy atom. The van der Waals surface area contributed by atoms with E-state index in [4.69, 9.17) is 27.9 Å². The molecule has 1 aromatic carbocycles. The number of rotatable bonds is 3. The minimum atomic E-state index is -0.437. The summed E-state index contributed by atoms with van der Waals surface area (Å²) in [5.74, 6) is 0.944. The first kappa shape index (κ1) is 14.1. The van der Waals surface area contributed by atoms with Crippen LogP contribution in [0.3, 0.4) is 0 Å². The van der Waals surface area contributed by atoms with E-state index in [2.05, 4.69) is 9.55 Å². The molecule has 1 aromatic heterocycles. The van der Waals surface area contributed by atoms with Gasteiger partial charge in [0.15, 0.2) is 0 Å². The first-order chi connectivity index (χ1) is 9.70. The van der Waals surface area contributed by atoms with Crippen LogP contribution in [0.25, 0.3) is 11.0 Å². The van der Waals surface area contributed by atoms with Gasteiger partial charge in [0.05, 0.1) is 16.1 Å². The quantitative estimate of drug-likeness (QED) is 0.801. The van der Waals surface area contributed by atoms with Crippen LogP contribution in [-0.4, -0.2) is 28.6 Å². The third kappa shape index (κ3) is 2.52. The Balaban J connectivity index is 2.14. The summed E-state index contributed by atoms with van der Waals surface area (Å²) in [7, 11) is 0. The van der Waals surface area contributed by atoms with Crippen molar-refractivity contribution in [3.8, 4) is 0 Å². The number of imidazole rings is 1. The SMILES string of the molecule is Fc1cc2nc(CCCl)n(C3CCOCC3)c2cc1Cl. The molecule has 20 heavy (non-hydrogen) atoms. The predicted octanol–water partition coefficient (Wildman–Crippen LogP) is 3.96. The van der Waals surface area contributed by atoms with Crippen molar-refractivity contribution in [2.75, 3.05) is 19.1 Å². The molecule has 0 saturated carbocycles. The average molecular weight is 317 g/mol. The van der Waals surface area contributed by atoms with Crippen molar-refractivity contribution >= 4 is 34.2 Å². The van der Waals surface area contributed by atoms with Gasteiger partial charge in [-0.3, -0.25) is 0 Å². The highest BCUT2D eigenvalue weighted by Crippen LogP contribution is 2.31. The van der Waals surface area contributed by atoms with E-state index < -0.39 is 5.82 Å². The Morgan fingerprint density at radius 2 is 2.10 bits per heavy atom. The first-order valence-corrected chi connectivity index (χ1v) is 7.61. The molecule has 0 atom stereocenters. The van der Waals surface area contributed by atoms with E-state index >= 15 is 0 Å². The van der Waals surface area contributed by atoms with Crippen LogP contribution in [0.2, 0.25) is 5.02 Å². The van der Waals surface area contributed by atoms with Gasteiger partial charge < -0.3 is 9.30 Å². The topological polar surface area (TPSA) is 27.1 Å². The summed E-state index contributed by atoms with van der Waals surface area (Å²) in [5.41, 5.74) is 1.52. The summed E-state index contributed by atoms with van der Waals surface area (Å²) in [6, 6.07) is 3.37. The highest BCUT2D eigenvalue weighted by Gasteiger charge is 2.22. The van der Waals surface area contributed by atoms with Crippen molar-refractivity contribution in [3.05, 3.63) is 28.8 Å². The van der Waals surface area contributed by atoms with Crippen LogP contribution in [0.15, 0.2) is 12.1 Å². The third-order valence-corrected chi connectivity index (χ3v) is 4.16. The van der Waals surface area contributed by atoms with Gasteiger partial charge in [0, 0.05) is 37.6 Å². The van der Waals surface area contributed by atoms with Gasteiger partial charge in [-0.25, -0.2) is 9.37 Å². The van der Waals surface area contributed by atoms with Gasteiger partial charge >= 0.3 is 0 Å². The summed E-state index contributed by atoms with van der Waals surface area (Å²) in [5, 5.41) is 0.128. The molecular formula is C14H15Cl2FN2O. The smallest absolute Gasteiger partial charge is 0.144 e. The summed E-state index contributed by atoms with van der Waals surface area (Å²) in [4.78, 5) is 4.52.